The molecule has 7 rings (SSSR count). The van der Waals surface area contributed by atoms with E-state index in [-0.39, 0.29) is 47.7 Å². The van der Waals surface area contributed by atoms with E-state index in [4.69, 9.17) is 19.9 Å². The molecular weight excluding hydrogens is 810 g/mol. The van der Waals surface area contributed by atoms with Crippen LogP contribution in [0.2, 0.25) is 0 Å². The Bertz CT molecular complexity index is 2480. The normalized spacial score (nSPS) is 22.5. The predicted octanol–water partition coefficient (Wildman–Crippen LogP) is 4.34. The summed E-state index contributed by atoms with van der Waals surface area (Å²) >= 11 is 0. The van der Waals surface area contributed by atoms with Crippen molar-refractivity contribution in [2.45, 2.75) is 89.4 Å². The Balaban J connectivity index is 0.865. The van der Waals surface area contributed by atoms with Crippen LogP contribution >= 0.6 is 0 Å². The maximum atomic E-state index is 14.4. The zero-order valence-corrected chi connectivity index (χ0v) is 36.5. The SMILES string of the molecule is CC[C@H]1C(COc2ncc(C#CC3CCC(CN(C)CCCOCCCc4cccc5c4n(C)c(=O)n5C4CCC(=O)NC4=O)CC3)c3cc(C(N)=O)c(OC)cc23)NC(=O)[C@H]1F. The average molecular weight is 868 g/mol. The lowest BCUT2D eigenvalue weighted by atomic mass is 9.82. The van der Waals surface area contributed by atoms with E-state index in [0.717, 1.165) is 69.1 Å². The van der Waals surface area contributed by atoms with E-state index in [9.17, 15) is 28.4 Å². The van der Waals surface area contributed by atoms with Crippen LogP contribution in [-0.4, -0.2) is 102 Å². The Labute approximate surface area is 366 Å². The number of fused-ring (bicyclic) bond motifs is 2. The van der Waals surface area contributed by atoms with Crippen molar-refractivity contribution in [2.24, 2.45) is 30.5 Å². The molecule has 2 aromatic heterocycles. The number of carbonyl (C=O) groups is 4. The quantitative estimate of drug-likeness (QED) is 0.0783. The third-order valence-electron chi connectivity index (χ3n) is 12.9. The number of alkyl halides is 1. The van der Waals surface area contributed by atoms with Crippen LogP contribution < -0.4 is 31.5 Å². The Hall–Kier alpha value is -5.79. The summed E-state index contributed by atoms with van der Waals surface area (Å²) in [6.45, 7) is 5.05. The summed E-state index contributed by atoms with van der Waals surface area (Å²) in [5, 5.41) is 6.25. The van der Waals surface area contributed by atoms with Crippen molar-refractivity contribution in [3.63, 3.8) is 0 Å². The number of aromatic nitrogens is 3. The van der Waals surface area contributed by atoms with Crippen LogP contribution in [-0.2, 0) is 32.6 Å². The standard InChI is InChI=1S/C47H58FN7O8/c1-5-32-36(51-45(59)41(32)48)27-63-46-34-24-39(61-4)35(43(49)57)23-33(34)31(25-50-46)17-16-28-12-14-29(15-13-28)26-53(2)20-8-22-62-21-7-10-30-9-6-11-37-42(30)54(3)47(60)55(37)38-18-19-40(56)52-44(38)58/h6,9,11,23-25,28-29,32,36,38,41H,5,7-8,10,12-15,18-22,26-27H2,1-4H3,(H2,49,57)(H,51,59)(H,52,56,58)/t28?,29?,32-,36?,38?,41-/m0/s1. The first kappa shape index (κ1) is 45.2. The third kappa shape index (κ3) is 10.0. The van der Waals surface area contributed by atoms with Gasteiger partial charge in [-0.15, -0.1) is 0 Å². The summed E-state index contributed by atoms with van der Waals surface area (Å²) in [5.41, 5.74) is 8.79. The highest BCUT2D eigenvalue weighted by Crippen LogP contribution is 2.35. The molecule has 2 saturated heterocycles. The van der Waals surface area contributed by atoms with Gasteiger partial charge >= 0.3 is 5.69 Å². The van der Waals surface area contributed by atoms with Gasteiger partial charge in [0.15, 0.2) is 6.17 Å². The molecule has 4 amide bonds. The van der Waals surface area contributed by atoms with E-state index >= 15 is 0 Å². The molecule has 1 saturated carbocycles. The van der Waals surface area contributed by atoms with Gasteiger partial charge < -0.3 is 30.2 Å². The number of piperidine rings is 1. The lowest BCUT2D eigenvalue weighted by molar-refractivity contribution is -0.135. The van der Waals surface area contributed by atoms with Crippen LogP contribution in [0.4, 0.5) is 4.39 Å². The number of nitrogens with two attached hydrogens (primary N) is 1. The molecule has 4 heterocycles. The number of aryl methyl sites for hydroxylation is 2. The number of nitrogens with zero attached hydrogens (tertiary/aromatic N) is 4. The number of imide groups is 1. The van der Waals surface area contributed by atoms with Crippen LogP contribution in [0, 0.1) is 29.6 Å². The van der Waals surface area contributed by atoms with E-state index in [1.165, 1.54) is 11.7 Å². The predicted molar refractivity (Wildman–Crippen MR) is 235 cm³/mol. The molecule has 16 heteroatoms. The van der Waals surface area contributed by atoms with Crippen LogP contribution in [0.15, 0.2) is 41.3 Å². The number of hydrogen-bond acceptors (Lipinski definition) is 10. The molecule has 63 heavy (non-hydrogen) atoms. The summed E-state index contributed by atoms with van der Waals surface area (Å²) in [6.07, 6.45) is 7.55. The van der Waals surface area contributed by atoms with Crippen LogP contribution in [0.25, 0.3) is 21.8 Å². The second kappa shape index (κ2) is 20.2. The van der Waals surface area contributed by atoms with Gasteiger partial charge in [0.1, 0.15) is 18.4 Å². The van der Waals surface area contributed by atoms with Crippen LogP contribution in [0.5, 0.6) is 11.6 Å². The summed E-state index contributed by atoms with van der Waals surface area (Å²) in [7, 11) is 5.33. The summed E-state index contributed by atoms with van der Waals surface area (Å²) in [4.78, 5) is 68.8. The molecule has 2 aliphatic heterocycles. The van der Waals surface area contributed by atoms with Gasteiger partial charge in [-0.3, -0.25) is 33.6 Å². The molecule has 15 nitrogen and oxygen atoms in total. The number of methoxy groups -OCH3 is 1. The molecule has 3 fully saturated rings. The first-order chi connectivity index (χ1) is 30.4. The molecular formula is C47H58FN7O8. The van der Waals surface area contributed by atoms with E-state index in [2.05, 4.69) is 39.4 Å². The number of para-hydroxylation sites is 1. The molecule has 2 unspecified atom stereocenters. The van der Waals surface area contributed by atoms with E-state index in [0.29, 0.717) is 53.8 Å². The lowest BCUT2D eigenvalue weighted by Crippen LogP contribution is -2.44. The van der Waals surface area contributed by atoms with Crippen molar-refractivity contribution >= 4 is 45.4 Å². The van der Waals surface area contributed by atoms with Gasteiger partial charge in [-0.1, -0.05) is 30.9 Å². The van der Waals surface area contributed by atoms with Crippen molar-refractivity contribution in [3.8, 4) is 23.5 Å². The molecule has 4 N–H and O–H groups in total. The number of benzene rings is 2. The minimum atomic E-state index is -1.58. The summed E-state index contributed by atoms with van der Waals surface area (Å²) < 4.78 is 35.1. The van der Waals surface area contributed by atoms with Crippen LogP contribution in [0.1, 0.15) is 92.2 Å². The van der Waals surface area contributed by atoms with Crippen molar-refractivity contribution in [1.29, 1.82) is 0 Å². The number of ether oxygens (including phenoxy) is 3. The molecule has 0 bridgehead atoms. The Morgan fingerprint density at radius 3 is 2.56 bits per heavy atom. The number of primary amides is 1. The average Bonchev–Trinajstić information content (AvgIpc) is 3.70. The highest BCUT2D eigenvalue weighted by atomic mass is 19.1. The zero-order valence-electron chi connectivity index (χ0n) is 36.5. The second-order valence-corrected chi connectivity index (χ2v) is 17.1. The number of hydrogen-bond donors (Lipinski definition) is 3. The zero-order chi connectivity index (χ0) is 44.8. The number of amides is 4. The highest BCUT2D eigenvalue weighted by Gasteiger charge is 2.42. The van der Waals surface area contributed by atoms with Crippen molar-refractivity contribution < 1.29 is 37.8 Å². The minimum Gasteiger partial charge on any atom is -0.496 e. The van der Waals surface area contributed by atoms with Gasteiger partial charge in [-0.25, -0.2) is 14.2 Å². The summed E-state index contributed by atoms with van der Waals surface area (Å²) in [6, 6.07) is 7.86. The molecule has 3 aliphatic rings. The summed E-state index contributed by atoms with van der Waals surface area (Å²) in [5.74, 6) is 5.57. The molecule has 0 radical (unpaired) electrons. The first-order valence-corrected chi connectivity index (χ1v) is 22.1. The maximum absolute atomic E-state index is 14.4. The van der Waals surface area contributed by atoms with Crippen molar-refractivity contribution in [2.75, 3.05) is 47.1 Å². The third-order valence-corrected chi connectivity index (χ3v) is 12.9. The van der Waals surface area contributed by atoms with E-state index < -0.39 is 41.9 Å². The Kier molecular flexibility index (Phi) is 14.5. The smallest absolute Gasteiger partial charge is 0.329 e. The second-order valence-electron chi connectivity index (χ2n) is 17.1. The maximum Gasteiger partial charge on any atom is 0.329 e. The van der Waals surface area contributed by atoms with Crippen molar-refractivity contribution in [3.05, 3.63) is 63.7 Å². The molecule has 4 atom stereocenters. The first-order valence-electron chi connectivity index (χ1n) is 22.1. The van der Waals surface area contributed by atoms with Crippen molar-refractivity contribution in [1.82, 2.24) is 29.7 Å². The molecule has 336 valence electrons. The van der Waals surface area contributed by atoms with Gasteiger partial charge in [-0.05, 0) is 94.5 Å². The van der Waals surface area contributed by atoms with Gasteiger partial charge in [0.2, 0.25) is 17.7 Å². The Morgan fingerprint density at radius 2 is 1.83 bits per heavy atom. The molecule has 2 aromatic carbocycles. The molecule has 0 spiro atoms. The number of nitrogens with one attached hydrogen (secondary N) is 2. The fraction of sp³-hybridized carbons (Fsp3) is 0.532. The largest absolute Gasteiger partial charge is 0.496 e. The monoisotopic (exact) mass is 867 g/mol. The van der Waals surface area contributed by atoms with Gasteiger partial charge in [0.05, 0.1) is 35.3 Å². The fourth-order valence-electron chi connectivity index (χ4n) is 9.47. The number of pyridine rings is 1. The van der Waals surface area contributed by atoms with Gasteiger partial charge in [0.25, 0.3) is 11.8 Å². The number of halogens is 1. The highest BCUT2D eigenvalue weighted by molar-refractivity contribution is 6.03. The van der Waals surface area contributed by atoms with E-state index in [1.54, 1.807) is 29.9 Å². The van der Waals surface area contributed by atoms with Gasteiger partial charge in [0, 0.05) is 68.6 Å². The van der Waals surface area contributed by atoms with Gasteiger partial charge in [-0.2, -0.15) is 0 Å². The Morgan fingerprint density at radius 1 is 1.05 bits per heavy atom. The van der Waals surface area contributed by atoms with Crippen LogP contribution in [0.3, 0.4) is 0 Å². The number of carbonyl (C=O) groups excluding carboxylic acids is 4. The topological polar surface area (TPSA) is 189 Å². The minimum absolute atomic E-state index is 0.0304. The van der Waals surface area contributed by atoms with E-state index in [1.807, 2.05) is 25.1 Å². The number of imidazole rings is 1. The lowest BCUT2D eigenvalue weighted by Gasteiger charge is -2.29. The fourth-order valence-corrected chi connectivity index (χ4v) is 9.47. The molecule has 4 aromatic rings. The molecule has 1 aliphatic carbocycles. The number of rotatable bonds is 17.